The van der Waals surface area contributed by atoms with E-state index < -0.39 is 0 Å². The van der Waals surface area contributed by atoms with E-state index in [1.54, 1.807) is 60.7 Å². The predicted octanol–water partition coefficient (Wildman–Crippen LogP) is 6.27. The highest BCUT2D eigenvalue weighted by atomic mass is 79.9. The van der Waals surface area contributed by atoms with Crippen molar-refractivity contribution < 1.29 is 14.3 Å². The standard InChI is InChI=1S/C21H14BrCl2NO3/c22-14-3-1-13(2-4-14)21(27)25-16-6-8-17(9-7-16)28-12-20(26)18-10-5-15(23)11-19(18)24/h1-11H,12H2,(H,25,27). The van der Waals surface area contributed by atoms with Crippen LogP contribution in [0.5, 0.6) is 5.75 Å². The zero-order chi connectivity index (χ0) is 20.1. The van der Waals surface area contributed by atoms with E-state index in [4.69, 9.17) is 27.9 Å². The number of rotatable bonds is 6. The van der Waals surface area contributed by atoms with Crippen LogP contribution in [0.25, 0.3) is 0 Å². The van der Waals surface area contributed by atoms with Gasteiger partial charge in [0.15, 0.2) is 6.61 Å². The average Bonchev–Trinajstić information content (AvgIpc) is 2.67. The van der Waals surface area contributed by atoms with E-state index in [1.165, 1.54) is 6.07 Å². The molecule has 1 amide bonds. The molecule has 3 aromatic rings. The summed E-state index contributed by atoms with van der Waals surface area (Å²) in [5, 5.41) is 3.55. The van der Waals surface area contributed by atoms with Gasteiger partial charge in [0.2, 0.25) is 5.78 Å². The predicted molar refractivity (Wildman–Crippen MR) is 115 cm³/mol. The zero-order valence-electron chi connectivity index (χ0n) is 14.4. The number of ketones is 1. The highest BCUT2D eigenvalue weighted by Crippen LogP contribution is 2.22. The summed E-state index contributed by atoms with van der Waals surface area (Å²) in [6, 6.07) is 18.5. The van der Waals surface area contributed by atoms with Crippen LogP contribution in [0.15, 0.2) is 71.2 Å². The van der Waals surface area contributed by atoms with Gasteiger partial charge in [-0.05, 0) is 66.7 Å². The number of ether oxygens (including phenoxy) is 1. The summed E-state index contributed by atoms with van der Waals surface area (Å²) >= 11 is 15.2. The highest BCUT2D eigenvalue weighted by molar-refractivity contribution is 9.10. The largest absolute Gasteiger partial charge is 0.485 e. The first-order chi connectivity index (χ1) is 13.4. The fourth-order valence-corrected chi connectivity index (χ4v) is 3.16. The van der Waals surface area contributed by atoms with E-state index in [1.807, 2.05) is 0 Å². The minimum absolute atomic E-state index is 0.161. The molecule has 142 valence electrons. The van der Waals surface area contributed by atoms with Crippen molar-refractivity contribution in [3.63, 3.8) is 0 Å². The Labute approximate surface area is 180 Å². The van der Waals surface area contributed by atoms with Gasteiger partial charge in [-0.2, -0.15) is 0 Å². The maximum atomic E-state index is 12.2. The van der Waals surface area contributed by atoms with E-state index in [0.717, 1.165) is 4.47 Å². The molecular formula is C21H14BrCl2NO3. The van der Waals surface area contributed by atoms with Gasteiger partial charge in [0.05, 0.1) is 5.02 Å². The first kappa shape index (κ1) is 20.4. The number of anilines is 1. The van der Waals surface area contributed by atoms with Crippen molar-refractivity contribution in [2.75, 3.05) is 11.9 Å². The summed E-state index contributed by atoms with van der Waals surface area (Å²) in [5.74, 6) is 0.0306. The lowest BCUT2D eigenvalue weighted by molar-refractivity contribution is 0.0921. The molecular weight excluding hydrogens is 465 g/mol. The second kappa shape index (κ2) is 9.24. The Bertz CT molecular complexity index is 1010. The number of carbonyl (C=O) groups is 2. The second-order valence-corrected chi connectivity index (χ2v) is 7.58. The van der Waals surface area contributed by atoms with Crippen LogP contribution >= 0.6 is 39.1 Å². The first-order valence-electron chi connectivity index (χ1n) is 8.20. The number of hydrogen-bond acceptors (Lipinski definition) is 3. The molecule has 0 aliphatic carbocycles. The van der Waals surface area contributed by atoms with E-state index in [2.05, 4.69) is 21.2 Å². The fraction of sp³-hybridized carbons (Fsp3) is 0.0476. The summed E-state index contributed by atoms with van der Waals surface area (Å²) in [6.45, 7) is -0.161. The molecule has 0 radical (unpaired) electrons. The van der Waals surface area contributed by atoms with E-state index >= 15 is 0 Å². The molecule has 0 heterocycles. The third kappa shape index (κ3) is 5.35. The third-order valence-corrected chi connectivity index (χ3v) is 4.90. The molecule has 3 aromatic carbocycles. The molecule has 4 nitrogen and oxygen atoms in total. The van der Waals surface area contributed by atoms with Crippen molar-refractivity contribution in [3.8, 4) is 5.75 Å². The van der Waals surface area contributed by atoms with Crippen LogP contribution in [0.4, 0.5) is 5.69 Å². The Morgan fingerprint density at radius 2 is 1.61 bits per heavy atom. The number of carbonyl (C=O) groups excluding carboxylic acids is 2. The molecule has 0 spiro atoms. The zero-order valence-corrected chi connectivity index (χ0v) is 17.5. The Kier molecular flexibility index (Phi) is 6.73. The molecule has 0 saturated carbocycles. The number of hydrogen-bond donors (Lipinski definition) is 1. The van der Waals surface area contributed by atoms with E-state index in [-0.39, 0.29) is 23.3 Å². The number of amides is 1. The van der Waals surface area contributed by atoms with Crippen molar-refractivity contribution in [2.45, 2.75) is 0 Å². The van der Waals surface area contributed by atoms with Crippen LogP contribution in [0, 0.1) is 0 Å². The lowest BCUT2D eigenvalue weighted by Gasteiger charge is -2.09. The van der Waals surface area contributed by atoms with Crippen molar-refractivity contribution in [2.24, 2.45) is 0 Å². The monoisotopic (exact) mass is 477 g/mol. The van der Waals surface area contributed by atoms with Gasteiger partial charge in [0.1, 0.15) is 5.75 Å². The number of halogens is 3. The average molecular weight is 479 g/mol. The lowest BCUT2D eigenvalue weighted by Crippen LogP contribution is -2.13. The van der Waals surface area contributed by atoms with Crippen molar-refractivity contribution in [1.29, 1.82) is 0 Å². The Hall–Kier alpha value is -2.34. The summed E-state index contributed by atoms with van der Waals surface area (Å²) < 4.78 is 6.41. The SMILES string of the molecule is O=C(Nc1ccc(OCC(=O)c2ccc(Cl)cc2Cl)cc1)c1ccc(Br)cc1. The molecule has 0 bridgehead atoms. The van der Waals surface area contributed by atoms with Crippen molar-refractivity contribution in [3.05, 3.63) is 92.4 Å². The van der Waals surface area contributed by atoms with Gasteiger partial charge in [0, 0.05) is 26.3 Å². The molecule has 0 atom stereocenters. The van der Waals surface area contributed by atoms with E-state index in [9.17, 15) is 9.59 Å². The molecule has 28 heavy (non-hydrogen) atoms. The molecule has 0 aliphatic heterocycles. The minimum atomic E-state index is -0.255. The fourth-order valence-electron chi connectivity index (χ4n) is 2.38. The van der Waals surface area contributed by atoms with Crippen molar-refractivity contribution in [1.82, 2.24) is 0 Å². The summed E-state index contributed by atoms with van der Waals surface area (Å²) in [5.41, 5.74) is 1.52. The molecule has 0 saturated heterocycles. The van der Waals surface area contributed by atoms with Crippen LogP contribution in [-0.4, -0.2) is 18.3 Å². The number of Topliss-reactive ketones (excluding diaryl/α,β-unsaturated/α-hetero) is 1. The summed E-state index contributed by atoms with van der Waals surface area (Å²) in [4.78, 5) is 24.4. The van der Waals surface area contributed by atoms with Crippen LogP contribution in [0.3, 0.4) is 0 Å². The Balaban J connectivity index is 1.57. The van der Waals surface area contributed by atoms with E-state index in [0.29, 0.717) is 27.6 Å². The lowest BCUT2D eigenvalue weighted by atomic mass is 10.1. The Morgan fingerprint density at radius 1 is 0.929 bits per heavy atom. The Morgan fingerprint density at radius 3 is 2.25 bits per heavy atom. The molecule has 3 rings (SSSR count). The maximum absolute atomic E-state index is 12.2. The van der Waals surface area contributed by atoms with Crippen LogP contribution < -0.4 is 10.1 Å². The molecule has 7 heteroatoms. The van der Waals surface area contributed by atoms with Gasteiger partial charge in [-0.15, -0.1) is 0 Å². The van der Waals surface area contributed by atoms with Gasteiger partial charge >= 0.3 is 0 Å². The van der Waals surface area contributed by atoms with Gasteiger partial charge < -0.3 is 10.1 Å². The van der Waals surface area contributed by atoms with Crippen molar-refractivity contribution >= 4 is 56.5 Å². The van der Waals surface area contributed by atoms with Crippen LogP contribution in [-0.2, 0) is 0 Å². The first-order valence-corrected chi connectivity index (χ1v) is 9.75. The molecule has 1 N–H and O–H groups in total. The molecule has 0 aromatic heterocycles. The normalized spacial score (nSPS) is 10.4. The topological polar surface area (TPSA) is 55.4 Å². The minimum Gasteiger partial charge on any atom is -0.485 e. The van der Waals surface area contributed by atoms with Gasteiger partial charge in [0.25, 0.3) is 5.91 Å². The van der Waals surface area contributed by atoms with Gasteiger partial charge in [-0.25, -0.2) is 0 Å². The number of nitrogens with one attached hydrogen (secondary N) is 1. The van der Waals surface area contributed by atoms with Gasteiger partial charge in [-0.1, -0.05) is 39.1 Å². The highest BCUT2D eigenvalue weighted by Gasteiger charge is 2.12. The van der Waals surface area contributed by atoms with Gasteiger partial charge in [-0.3, -0.25) is 9.59 Å². The second-order valence-electron chi connectivity index (χ2n) is 5.82. The quantitative estimate of drug-likeness (QED) is 0.424. The van der Waals surface area contributed by atoms with Crippen LogP contribution in [0.2, 0.25) is 10.0 Å². The number of benzene rings is 3. The van der Waals surface area contributed by atoms with Crippen LogP contribution in [0.1, 0.15) is 20.7 Å². The summed E-state index contributed by atoms with van der Waals surface area (Å²) in [6.07, 6.45) is 0. The summed E-state index contributed by atoms with van der Waals surface area (Å²) in [7, 11) is 0. The molecule has 0 fully saturated rings. The third-order valence-electron chi connectivity index (χ3n) is 3.82. The smallest absolute Gasteiger partial charge is 0.255 e. The molecule has 0 unspecified atom stereocenters. The maximum Gasteiger partial charge on any atom is 0.255 e. The molecule has 0 aliphatic rings.